The average molecular weight is 544 g/mol. The number of hydrogen-bond acceptors (Lipinski definition) is 5. The van der Waals surface area contributed by atoms with Crippen molar-refractivity contribution < 1.29 is 32.9 Å². The molecule has 6 rings (SSSR count). The molecule has 2 atom stereocenters. The topological polar surface area (TPSA) is 77.9 Å². The summed E-state index contributed by atoms with van der Waals surface area (Å²) in [7, 11) is 0. The number of carbonyl (C=O) groups is 1. The summed E-state index contributed by atoms with van der Waals surface area (Å²) in [6.07, 6.45) is 1.08. The van der Waals surface area contributed by atoms with E-state index in [1.807, 2.05) is 31.2 Å². The molecule has 0 unspecified atom stereocenters. The fourth-order valence-electron chi connectivity index (χ4n) is 5.45. The third-order valence-electron chi connectivity index (χ3n) is 7.43. The van der Waals surface area contributed by atoms with Crippen molar-refractivity contribution >= 4 is 5.97 Å². The van der Waals surface area contributed by atoms with Crippen LogP contribution in [0.4, 0.5) is 8.78 Å². The van der Waals surface area contributed by atoms with Crippen LogP contribution in [0.25, 0.3) is 11.3 Å². The van der Waals surface area contributed by atoms with Gasteiger partial charge < -0.3 is 19.3 Å². The van der Waals surface area contributed by atoms with Gasteiger partial charge in [0, 0.05) is 46.4 Å². The van der Waals surface area contributed by atoms with E-state index in [2.05, 4.69) is 4.98 Å². The van der Waals surface area contributed by atoms with Gasteiger partial charge in [0.05, 0.1) is 12.3 Å². The van der Waals surface area contributed by atoms with E-state index in [4.69, 9.17) is 19.3 Å². The Morgan fingerprint density at radius 3 is 2.70 bits per heavy atom. The molecule has 1 aliphatic carbocycles. The summed E-state index contributed by atoms with van der Waals surface area (Å²) >= 11 is 0. The number of carboxylic acid groups (broad SMARTS) is 1. The van der Waals surface area contributed by atoms with Crippen molar-refractivity contribution in [1.29, 1.82) is 0 Å². The molecule has 204 valence electrons. The van der Waals surface area contributed by atoms with Crippen LogP contribution < -0.4 is 14.2 Å². The van der Waals surface area contributed by atoms with Crippen LogP contribution in [0.3, 0.4) is 0 Å². The van der Waals surface area contributed by atoms with E-state index in [9.17, 15) is 4.79 Å². The summed E-state index contributed by atoms with van der Waals surface area (Å²) in [5.74, 6) is -0.132. The molecule has 2 aliphatic rings. The lowest BCUT2D eigenvalue weighted by Crippen LogP contribution is -2.06. The van der Waals surface area contributed by atoms with Gasteiger partial charge in [0.2, 0.25) is 0 Å². The first-order valence-corrected chi connectivity index (χ1v) is 13.2. The minimum atomic E-state index is -0.835. The van der Waals surface area contributed by atoms with Gasteiger partial charge in [0.25, 0.3) is 0 Å². The van der Waals surface area contributed by atoms with Crippen LogP contribution in [0.2, 0.25) is 0 Å². The lowest BCUT2D eigenvalue weighted by molar-refractivity contribution is -0.137. The molecule has 3 aromatic carbocycles. The summed E-state index contributed by atoms with van der Waals surface area (Å²) in [5, 5.41) is 8.98. The van der Waals surface area contributed by atoms with Gasteiger partial charge in [-0.3, -0.25) is 9.78 Å². The molecule has 6 nitrogen and oxygen atoms in total. The molecule has 4 aromatic rings. The van der Waals surface area contributed by atoms with Gasteiger partial charge in [-0.25, -0.2) is 8.78 Å². The van der Waals surface area contributed by atoms with Crippen LogP contribution in [0, 0.1) is 18.6 Å². The molecule has 1 aromatic heterocycles. The smallest absolute Gasteiger partial charge is 0.303 e. The number of aryl methyl sites for hydroxylation is 1. The second-order valence-electron chi connectivity index (χ2n) is 10.1. The Balaban J connectivity index is 1.20. The van der Waals surface area contributed by atoms with Gasteiger partial charge in [-0.2, -0.15) is 0 Å². The van der Waals surface area contributed by atoms with Gasteiger partial charge in [0.15, 0.2) is 11.6 Å². The minimum Gasteiger partial charge on any atom is -0.493 e. The predicted molar refractivity (Wildman–Crippen MR) is 144 cm³/mol. The van der Waals surface area contributed by atoms with Crippen molar-refractivity contribution in [3.63, 3.8) is 0 Å². The molecule has 1 N–H and O–H groups in total. The summed E-state index contributed by atoms with van der Waals surface area (Å²) in [6.45, 7) is 2.30. The minimum absolute atomic E-state index is 0.0204. The molecule has 40 heavy (non-hydrogen) atoms. The lowest BCUT2D eigenvalue weighted by atomic mass is 9.96. The molecule has 2 heterocycles. The third-order valence-corrected chi connectivity index (χ3v) is 7.43. The third kappa shape index (κ3) is 5.09. The van der Waals surface area contributed by atoms with Crippen LogP contribution in [-0.2, 0) is 11.2 Å². The Morgan fingerprint density at radius 1 is 1.05 bits per heavy atom. The SMILES string of the molecule is Cc1cccc(-c2ccc(Oc3ccc(F)c4c3CC[C@H]4Oc3ccc4c(c3)OC[C@H]4CCC(=O)O)c(F)c2)n1. The number of hydrogen-bond donors (Lipinski definition) is 1. The molecule has 8 heteroatoms. The maximum absolute atomic E-state index is 15.0. The Kier molecular flexibility index (Phi) is 6.84. The van der Waals surface area contributed by atoms with E-state index in [0.29, 0.717) is 65.5 Å². The fraction of sp³-hybridized carbons (Fsp3) is 0.250. The summed E-state index contributed by atoms with van der Waals surface area (Å²) < 4.78 is 48.0. The Bertz CT molecular complexity index is 1600. The molecule has 0 radical (unpaired) electrons. The van der Waals surface area contributed by atoms with E-state index in [1.165, 1.54) is 18.2 Å². The predicted octanol–water partition coefficient (Wildman–Crippen LogP) is 7.53. The molecule has 0 bridgehead atoms. The van der Waals surface area contributed by atoms with Gasteiger partial charge >= 0.3 is 5.97 Å². The highest BCUT2D eigenvalue weighted by Gasteiger charge is 2.32. The number of rotatable bonds is 8. The van der Waals surface area contributed by atoms with Crippen LogP contribution >= 0.6 is 0 Å². The van der Waals surface area contributed by atoms with Crippen molar-refractivity contribution in [2.24, 2.45) is 0 Å². The molecular weight excluding hydrogens is 516 g/mol. The van der Waals surface area contributed by atoms with Gasteiger partial charge in [0.1, 0.15) is 29.2 Å². The number of aromatic nitrogens is 1. The molecule has 0 amide bonds. The first-order chi connectivity index (χ1) is 19.4. The maximum Gasteiger partial charge on any atom is 0.303 e. The largest absolute Gasteiger partial charge is 0.493 e. The van der Waals surface area contributed by atoms with E-state index in [-0.39, 0.29) is 18.1 Å². The Hall–Kier alpha value is -4.46. The number of ether oxygens (including phenoxy) is 3. The molecular formula is C32H27F2NO5. The Labute approximate surface area is 230 Å². The van der Waals surface area contributed by atoms with Gasteiger partial charge in [-0.1, -0.05) is 12.1 Å². The number of nitrogens with zero attached hydrogens (tertiary/aromatic N) is 1. The van der Waals surface area contributed by atoms with Crippen LogP contribution in [0.5, 0.6) is 23.0 Å². The van der Waals surface area contributed by atoms with E-state index in [0.717, 1.165) is 11.3 Å². The maximum atomic E-state index is 15.0. The monoisotopic (exact) mass is 543 g/mol. The van der Waals surface area contributed by atoms with Crippen molar-refractivity contribution in [3.8, 4) is 34.3 Å². The van der Waals surface area contributed by atoms with Gasteiger partial charge in [-0.15, -0.1) is 0 Å². The quantitative estimate of drug-likeness (QED) is 0.247. The molecule has 1 aliphatic heterocycles. The summed E-state index contributed by atoms with van der Waals surface area (Å²) in [6, 6.07) is 18.6. The highest BCUT2D eigenvalue weighted by molar-refractivity contribution is 5.67. The van der Waals surface area contributed by atoms with Crippen LogP contribution in [0.15, 0.2) is 66.7 Å². The van der Waals surface area contributed by atoms with Crippen LogP contribution in [0.1, 0.15) is 53.7 Å². The van der Waals surface area contributed by atoms with Crippen molar-refractivity contribution in [2.45, 2.75) is 44.6 Å². The number of pyridine rings is 1. The normalized spacial score (nSPS) is 17.2. The number of benzene rings is 3. The summed E-state index contributed by atoms with van der Waals surface area (Å²) in [5.41, 5.74) is 4.15. The lowest BCUT2D eigenvalue weighted by Gasteiger charge is -2.17. The van der Waals surface area contributed by atoms with E-state index >= 15 is 8.78 Å². The average Bonchev–Trinajstić information content (AvgIpc) is 3.54. The number of aliphatic carboxylic acids is 1. The number of halogens is 2. The molecule has 0 fully saturated rings. The second kappa shape index (κ2) is 10.6. The zero-order valence-corrected chi connectivity index (χ0v) is 21.8. The summed E-state index contributed by atoms with van der Waals surface area (Å²) in [4.78, 5) is 15.4. The first kappa shape index (κ1) is 25.8. The van der Waals surface area contributed by atoms with E-state index in [1.54, 1.807) is 24.3 Å². The molecule has 0 saturated heterocycles. The second-order valence-corrected chi connectivity index (χ2v) is 10.1. The van der Waals surface area contributed by atoms with Crippen molar-refractivity contribution in [3.05, 3.63) is 101 Å². The number of fused-ring (bicyclic) bond motifs is 2. The van der Waals surface area contributed by atoms with Crippen molar-refractivity contribution in [1.82, 2.24) is 4.98 Å². The molecule has 0 saturated carbocycles. The highest BCUT2D eigenvalue weighted by atomic mass is 19.1. The molecule has 0 spiro atoms. The fourth-order valence-corrected chi connectivity index (χ4v) is 5.45. The Morgan fingerprint density at radius 2 is 1.90 bits per heavy atom. The van der Waals surface area contributed by atoms with Gasteiger partial charge in [-0.05, 0) is 74.7 Å². The highest BCUT2D eigenvalue weighted by Crippen LogP contribution is 2.45. The standard InChI is InChI=1S/C32H27F2NO5/c1-18-3-2-4-26(35-18)19-5-11-28(25(34)15-19)40-27-13-10-24(33)32-23(27)9-12-29(32)39-21-7-8-22-20(6-14-31(36)37)17-38-30(22)16-21/h2-5,7-8,10-11,13,15-16,20,29H,6,9,12,14,17H2,1H3,(H,36,37)/t20-,29-/m1/s1. The first-order valence-electron chi connectivity index (χ1n) is 13.2. The van der Waals surface area contributed by atoms with E-state index < -0.39 is 23.7 Å². The zero-order chi connectivity index (χ0) is 27.8. The van der Waals surface area contributed by atoms with Crippen LogP contribution in [-0.4, -0.2) is 22.7 Å². The number of carboxylic acids is 1. The van der Waals surface area contributed by atoms with Crippen molar-refractivity contribution in [2.75, 3.05) is 6.61 Å². The zero-order valence-electron chi connectivity index (χ0n) is 21.8.